The van der Waals surface area contributed by atoms with Gasteiger partial charge in [-0.2, -0.15) is 0 Å². The molecule has 1 aromatic carbocycles. The average molecular weight is 372 g/mol. The maximum Gasteiger partial charge on any atom is 0.273 e. The summed E-state index contributed by atoms with van der Waals surface area (Å²) in [6.07, 6.45) is 3.29. The number of carbonyl (C=O) groups is 2. The highest BCUT2D eigenvalue weighted by molar-refractivity contribution is 7.13. The van der Waals surface area contributed by atoms with Crippen molar-refractivity contribution in [2.24, 2.45) is 5.41 Å². The van der Waals surface area contributed by atoms with Gasteiger partial charge in [0, 0.05) is 17.0 Å². The molecule has 0 aliphatic heterocycles. The van der Waals surface area contributed by atoms with Gasteiger partial charge in [-0.25, -0.2) is 4.98 Å². The van der Waals surface area contributed by atoms with Crippen molar-refractivity contribution in [3.63, 3.8) is 0 Å². The van der Waals surface area contributed by atoms with Gasteiger partial charge in [-0.15, -0.1) is 11.3 Å². The number of anilines is 1. The number of aromatic nitrogens is 1. The Hall–Kier alpha value is -2.47. The van der Waals surface area contributed by atoms with E-state index in [1.54, 1.807) is 38.4 Å². The number of amides is 2. The highest BCUT2D eigenvalue weighted by atomic mass is 32.1. The molecule has 0 spiro atoms. The second kappa shape index (κ2) is 8.27. The predicted molar refractivity (Wildman–Crippen MR) is 107 cm³/mol. The van der Waals surface area contributed by atoms with Gasteiger partial charge in [0.25, 0.3) is 5.91 Å². The molecule has 0 fully saturated rings. The average Bonchev–Trinajstić information content (AvgIpc) is 3.06. The molecule has 0 bridgehead atoms. The SMILES string of the molecule is CC(C)c1ccc(/C=C(/NC(=O)C(C)(C)C)C(=O)Nc2nccs2)cc1. The van der Waals surface area contributed by atoms with Crippen molar-refractivity contribution in [2.75, 3.05) is 5.32 Å². The summed E-state index contributed by atoms with van der Waals surface area (Å²) in [5, 5.41) is 7.72. The third kappa shape index (κ3) is 5.52. The Labute approximate surface area is 158 Å². The van der Waals surface area contributed by atoms with Crippen LogP contribution in [0.3, 0.4) is 0 Å². The zero-order valence-corrected chi connectivity index (χ0v) is 16.6. The smallest absolute Gasteiger partial charge is 0.273 e. The Balaban J connectivity index is 2.29. The maximum absolute atomic E-state index is 12.6. The second-order valence-electron chi connectivity index (χ2n) is 7.37. The minimum atomic E-state index is -0.609. The summed E-state index contributed by atoms with van der Waals surface area (Å²) < 4.78 is 0. The number of carbonyl (C=O) groups excluding carboxylic acids is 2. The van der Waals surface area contributed by atoms with Gasteiger partial charge in [0.05, 0.1) is 0 Å². The fourth-order valence-electron chi connectivity index (χ4n) is 2.06. The van der Waals surface area contributed by atoms with Crippen molar-refractivity contribution in [3.8, 4) is 0 Å². The summed E-state index contributed by atoms with van der Waals surface area (Å²) in [4.78, 5) is 29.0. The molecule has 138 valence electrons. The van der Waals surface area contributed by atoms with Crippen molar-refractivity contribution in [2.45, 2.75) is 40.5 Å². The molecule has 6 heteroatoms. The van der Waals surface area contributed by atoms with E-state index in [1.807, 2.05) is 24.3 Å². The quantitative estimate of drug-likeness (QED) is 0.765. The molecule has 2 rings (SSSR count). The van der Waals surface area contributed by atoms with Crippen molar-refractivity contribution >= 4 is 34.4 Å². The van der Waals surface area contributed by atoms with Crippen LogP contribution in [0.25, 0.3) is 6.08 Å². The van der Waals surface area contributed by atoms with Crippen LogP contribution in [0, 0.1) is 5.41 Å². The van der Waals surface area contributed by atoms with Crippen LogP contribution in [-0.2, 0) is 9.59 Å². The third-order valence-electron chi connectivity index (χ3n) is 3.74. The monoisotopic (exact) mass is 371 g/mol. The largest absolute Gasteiger partial charge is 0.321 e. The molecule has 2 aromatic rings. The van der Waals surface area contributed by atoms with Gasteiger partial charge in [0.15, 0.2) is 5.13 Å². The number of hydrogen-bond donors (Lipinski definition) is 2. The molecule has 2 N–H and O–H groups in total. The first kappa shape index (κ1) is 19.8. The number of nitrogens with one attached hydrogen (secondary N) is 2. The summed E-state index contributed by atoms with van der Waals surface area (Å²) in [6.45, 7) is 9.66. The van der Waals surface area contributed by atoms with Crippen LogP contribution in [-0.4, -0.2) is 16.8 Å². The first-order chi connectivity index (χ1) is 12.2. The Bertz CT molecular complexity index is 785. The Morgan fingerprint density at radius 3 is 2.31 bits per heavy atom. The number of rotatable bonds is 5. The van der Waals surface area contributed by atoms with E-state index in [1.165, 1.54) is 16.9 Å². The number of nitrogens with zero attached hydrogens (tertiary/aromatic N) is 1. The first-order valence-electron chi connectivity index (χ1n) is 8.51. The lowest BCUT2D eigenvalue weighted by Crippen LogP contribution is -2.38. The second-order valence-corrected chi connectivity index (χ2v) is 8.27. The standard InChI is InChI=1S/C20H25N3O2S/c1-13(2)15-8-6-14(7-9-15)12-16(22-18(25)20(3,4)5)17(24)23-19-21-10-11-26-19/h6-13H,1-5H3,(H,22,25)(H,21,23,24)/b16-12+. The molecule has 0 atom stereocenters. The first-order valence-corrected chi connectivity index (χ1v) is 9.38. The Morgan fingerprint density at radius 1 is 1.15 bits per heavy atom. The molecule has 1 heterocycles. The van der Waals surface area contributed by atoms with E-state index in [0.717, 1.165) is 5.56 Å². The highest BCUT2D eigenvalue weighted by Gasteiger charge is 2.24. The Morgan fingerprint density at radius 2 is 1.81 bits per heavy atom. The number of hydrogen-bond acceptors (Lipinski definition) is 4. The zero-order chi connectivity index (χ0) is 19.3. The van der Waals surface area contributed by atoms with Crippen molar-refractivity contribution in [1.29, 1.82) is 0 Å². The topological polar surface area (TPSA) is 71.1 Å². The van der Waals surface area contributed by atoms with Gasteiger partial charge < -0.3 is 5.32 Å². The van der Waals surface area contributed by atoms with E-state index in [2.05, 4.69) is 29.5 Å². The van der Waals surface area contributed by atoms with Crippen LogP contribution in [0.5, 0.6) is 0 Å². The van der Waals surface area contributed by atoms with E-state index in [4.69, 9.17) is 0 Å². The number of benzene rings is 1. The van der Waals surface area contributed by atoms with Crippen LogP contribution in [0.1, 0.15) is 51.7 Å². The molecular formula is C20H25N3O2S. The Kier molecular flexibility index (Phi) is 6.32. The van der Waals surface area contributed by atoms with Gasteiger partial charge in [0.1, 0.15) is 5.70 Å². The van der Waals surface area contributed by atoms with Gasteiger partial charge in [-0.1, -0.05) is 58.9 Å². The van der Waals surface area contributed by atoms with Crippen LogP contribution in [0.2, 0.25) is 0 Å². The fourth-order valence-corrected chi connectivity index (χ4v) is 2.59. The van der Waals surface area contributed by atoms with Crippen molar-refractivity contribution in [3.05, 3.63) is 52.7 Å². The van der Waals surface area contributed by atoms with Crippen molar-refractivity contribution in [1.82, 2.24) is 10.3 Å². The summed E-state index contributed by atoms with van der Waals surface area (Å²) >= 11 is 1.32. The molecule has 2 amide bonds. The molecule has 0 aliphatic carbocycles. The summed E-state index contributed by atoms with van der Waals surface area (Å²) in [5.74, 6) is -0.191. The lowest BCUT2D eigenvalue weighted by atomic mass is 9.95. The van der Waals surface area contributed by atoms with Gasteiger partial charge in [0.2, 0.25) is 5.91 Å². The maximum atomic E-state index is 12.6. The number of thiazole rings is 1. The lowest BCUT2D eigenvalue weighted by Gasteiger charge is -2.19. The zero-order valence-electron chi connectivity index (χ0n) is 15.8. The van der Waals surface area contributed by atoms with Crippen molar-refractivity contribution < 1.29 is 9.59 Å². The van der Waals surface area contributed by atoms with Gasteiger partial charge in [-0.05, 0) is 23.1 Å². The molecule has 0 saturated heterocycles. The van der Waals surface area contributed by atoms with E-state index in [0.29, 0.717) is 11.0 Å². The minimum Gasteiger partial charge on any atom is -0.321 e. The van der Waals surface area contributed by atoms with E-state index < -0.39 is 11.3 Å². The molecule has 26 heavy (non-hydrogen) atoms. The van der Waals surface area contributed by atoms with Crippen LogP contribution >= 0.6 is 11.3 Å². The van der Waals surface area contributed by atoms with Crippen LogP contribution in [0.15, 0.2) is 41.5 Å². The highest BCUT2D eigenvalue weighted by Crippen LogP contribution is 2.18. The summed E-state index contributed by atoms with van der Waals surface area (Å²) in [5.41, 5.74) is 1.64. The normalized spacial score (nSPS) is 12.2. The molecule has 0 radical (unpaired) electrons. The molecule has 1 aromatic heterocycles. The lowest BCUT2D eigenvalue weighted by molar-refractivity contribution is -0.128. The van der Waals surface area contributed by atoms with Crippen LogP contribution in [0.4, 0.5) is 5.13 Å². The fraction of sp³-hybridized carbons (Fsp3) is 0.350. The predicted octanol–water partition coefficient (Wildman–Crippen LogP) is 4.41. The third-order valence-corrected chi connectivity index (χ3v) is 4.43. The van der Waals surface area contributed by atoms with E-state index in [-0.39, 0.29) is 11.6 Å². The molecule has 0 aliphatic rings. The van der Waals surface area contributed by atoms with Crippen LogP contribution < -0.4 is 10.6 Å². The van der Waals surface area contributed by atoms with E-state index >= 15 is 0 Å². The minimum absolute atomic E-state index is 0.192. The molecule has 5 nitrogen and oxygen atoms in total. The molecular weight excluding hydrogens is 346 g/mol. The van der Waals surface area contributed by atoms with Gasteiger partial charge in [-0.3, -0.25) is 14.9 Å². The van der Waals surface area contributed by atoms with E-state index in [9.17, 15) is 9.59 Å². The summed E-state index contributed by atoms with van der Waals surface area (Å²) in [6, 6.07) is 7.93. The summed E-state index contributed by atoms with van der Waals surface area (Å²) in [7, 11) is 0. The molecule has 0 unspecified atom stereocenters. The van der Waals surface area contributed by atoms with Gasteiger partial charge >= 0.3 is 0 Å². The molecule has 0 saturated carbocycles.